The van der Waals surface area contributed by atoms with Gasteiger partial charge in [-0.2, -0.15) is 0 Å². The standard InChI is InChI=1S/C17H15N3O3S/c1-18-15(21)12-6-4-11(5-7-12)9-19-16(22)13-10-24-17(20-13)14-3-2-8-23-14/h2-8,10H,9H2,1H3,(H,18,21)(H,19,22). The van der Waals surface area contributed by atoms with E-state index in [2.05, 4.69) is 15.6 Å². The van der Waals surface area contributed by atoms with Gasteiger partial charge in [-0.05, 0) is 29.8 Å². The SMILES string of the molecule is CNC(=O)c1ccc(CNC(=O)c2csc(-c3ccco3)n2)cc1. The molecule has 122 valence electrons. The lowest BCUT2D eigenvalue weighted by Gasteiger charge is -2.05. The van der Waals surface area contributed by atoms with Crippen LogP contribution < -0.4 is 10.6 Å². The topological polar surface area (TPSA) is 84.2 Å². The van der Waals surface area contributed by atoms with Crippen LogP contribution in [0.3, 0.4) is 0 Å². The van der Waals surface area contributed by atoms with Gasteiger partial charge in [-0.25, -0.2) is 4.98 Å². The molecule has 24 heavy (non-hydrogen) atoms. The summed E-state index contributed by atoms with van der Waals surface area (Å²) in [7, 11) is 1.58. The van der Waals surface area contributed by atoms with E-state index in [0.717, 1.165) is 5.56 Å². The van der Waals surface area contributed by atoms with Gasteiger partial charge in [0.05, 0.1) is 6.26 Å². The molecule has 0 aliphatic rings. The van der Waals surface area contributed by atoms with Crippen LogP contribution in [0.25, 0.3) is 10.8 Å². The van der Waals surface area contributed by atoms with E-state index in [9.17, 15) is 9.59 Å². The van der Waals surface area contributed by atoms with Crippen LogP contribution in [-0.2, 0) is 6.54 Å². The van der Waals surface area contributed by atoms with E-state index in [1.54, 1.807) is 55.1 Å². The second-order valence-electron chi connectivity index (χ2n) is 4.97. The van der Waals surface area contributed by atoms with Gasteiger partial charge in [0.15, 0.2) is 10.8 Å². The number of thiazole rings is 1. The van der Waals surface area contributed by atoms with Crippen molar-refractivity contribution in [3.8, 4) is 10.8 Å². The molecule has 0 aliphatic carbocycles. The molecule has 6 nitrogen and oxygen atoms in total. The van der Waals surface area contributed by atoms with Gasteiger partial charge < -0.3 is 15.1 Å². The summed E-state index contributed by atoms with van der Waals surface area (Å²) in [4.78, 5) is 27.9. The number of rotatable bonds is 5. The molecule has 0 spiro atoms. The number of aromatic nitrogens is 1. The summed E-state index contributed by atoms with van der Waals surface area (Å²) in [6, 6.07) is 10.6. The summed E-state index contributed by atoms with van der Waals surface area (Å²) in [5.74, 6) is 0.252. The van der Waals surface area contributed by atoms with Crippen molar-refractivity contribution >= 4 is 23.2 Å². The van der Waals surface area contributed by atoms with E-state index in [0.29, 0.717) is 28.6 Å². The summed E-state index contributed by atoms with van der Waals surface area (Å²) in [5.41, 5.74) is 1.83. The lowest BCUT2D eigenvalue weighted by Crippen LogP contribution is -2.23. The minimum atomic E-state index is -0.251. The first kappa shape index (κ1) is 15.9. The molecule has 0 unspecified atom stereocenters. The fourth-order valence-corrected chi connectivity index (χ4v) is 2.85. The van der Waals surface area contributed by atoms with E-state index >= 15 is 0 Å². The van der Waals surface area contributed by atoms with Crippen molar-refractivity contribution in [1.82, 2.24) is 15.6 Å². The first-order valence-electron chi connectivity index (χ1n) is 7.26. The van der Waals surface area contributed by atoms with Gasteiger partial charge >= 0.3 is 0 Å². The number of nitrogens with one attached hydrogen (secondary N) is 2. The van der Waals surface area contributed by atoms with Gasteiger partial charge in [-0.15, -0.1) is 11.3 Å². The largest absolute Gasteiger partial charge is 0.462 e. The number of hydrogen-bond acceptors (Lipinski definition) is 5. The third kappa shape index (κ3) is 3.52. The molecule has 0 bridgehead atoms. The van der Waals surface area contributed by atoms with Crippen LogP contribution in [0.5, 0.6) is 0 Å². The number of hydrogen-bond donors (Lipinski definition) is 2. The zero-order valence-electron chi connectivity index (χ0n) is 12.9. The number of benzene rings is 1. The fraction of sp³-hybridized carbons (Fsp3) is 0.118. The molecule has 0 saturated carbocycles. The summed E-state index contributed by atoms with van der Waals surface area (Å²) in [6.07, 6.45) is 1.57. The van der Waals surface area contributed by atoms with Gasteiger partial charge in [0.25, 0.3) is 11.8 Å². The number of carbonyl (C=O) groups excluding carboxylic acids is 2. The van der Waals surface area contributed by atoms with Crippen molar-refractivity contribution in [1.29, 1.82) is 0 Å². The second kappa shape index (κ2) is 7.10. The Balaban J connectivity index is 1.60. The maximum atomic E-state index is 12.2. The predicted octanol–water partition coefficient (Wildman–Crippen LogP) is 2.69. The molecule has 2 aromatic heterocycles. The highest BCUT2D eigenvalue weighted by Crippen LogP contribution is 2.23. The molecular weight excluding hydrogens is 326 g/mol. The molecule has 0 radical (unpaired) electrons. The number of carbonyl (C=O) groups is 2. The molecule has 2 heterocycles. The Kier molecular flexibility index (Phi) is 4.72. The van der Waals surface area contributed by atoms with Crippen molar-refractivity contribution < 1.29 is 14.0 Å². The summed E-state index contributed by atoms with van der Waals surface area (Å²) >= 11 is 1.35. The quantitative estimate of drug-likeness (QED) is 0.747. The number of nitrogens with zero attached hydrogens (tertiary/aromatic N) is 1. The third-order valence-corrected chi connectivity index (χ3v) is 4.22. The van der Waals surface area contributed by atoms with Crippen molar-refractivity contribution in [3.05, 3.63) is 64.9 Å². The van der Waals surface area contributed by atoms with Crippen LogP contribution >= 0.6 is 11.3 Å². The minimum Gasteiger partial charge on any atom is -0.462 e. The van der Waals surface area contributed by atoms with Crippen molar-refractivity contribution in [2.24, 2.45) is 0 Å². The average Bonchev–Trinajstić information content (AvgIpc) is 3.30. The maximum absolute atomic E-state index is 12.2. The average molecular weight is 341 g/mol. The number of furan rings is 1. The Morgan fingerprint density at radius 3 is 2.62 bits per heavy atom. The van der Waals surface area contributed by atoms with Gasteiger partial charge in [0, 0.05) is 24.5 Å². The molecule has 2 amide bonds. The highest BCUT2D eigenvalue weighted by atomic mass is 32.1. The molecule has 1 aromatic carbocycles. The first-order valence-corrected chi connectivity index (χ1v) is 8.14. The smallest absolute Gasteiger partial charge is 0.271 e. The van der Waals surface area contributed by atoms with Crippen molar-refractivity contribution in [2.75, 3.05) is 7.05 Å². The first-order chi connectivity index (χ1) is 11.7. The van der Waals surface area contributed by atoms with Crippen molar-refractivity contribution in [3.63, 3.8) is 0 Å². The van der Waals surface area contributed by atoms with E-state index in [4.69, 9.17) is 4.42 Å². The molecule has 3 rings (SSSR count). The van der Waals surface area contributed by atoms with E-state index in [1.165, 1.54) is 11.3 Å². The Hall–Kier alpha value is -2.93. The molecule has 0 fully saturated rings. The van der Waals surface area contributed by atoms with E-state index in [1.807, 2.05) is 0 Å². The van der Waals surface area contributed by atoms with Gasteiger partial charge in [-0.1, -0.05) is 12.1 Å². The summed E-state index contributed by atoms with van der Waals surface area (Å²) in [6.45, 7) is 0.362. The maximum Gasteiger partial charge on any atom is 0.271 e. The van der Waals surface area contributed by atoms with Crippen LogP contribution in [0.2, 0.25) is 0 Å². The summed E-state index contributed by atoms with van der Waals surface area (Å²) in [5, 5.41) is 7.74. The molecule has 0 atom stereocenters. The highest BCUT2D eigenvalue weighted by Gasteiger charge is 2.13. The van der Waals surface area contributed by atoms with Gasteiger partial charge in [0.1, 0.15) is 5.69 Å². The van der Waals surface area contributed by atoms with E-state index in [-0.39, 0.29) is 11.8 Å². The van der Waals surface area contributed by atoms with Crippen molar-refractivity contribution in [2.45, 2.75) is 6.54 Å². The minimum absolute atomic E-state index is 0.140. The molecule has 0 aliphatic heterocycles. The molecular formula is C17H15N3O3S. The zero-order chi connectivity index (χ0) is 16.9. The Labute approximate surface area is 142 Å². The Morgan fingerprint density at radius 1 is 1.17 bits per heavy atom. The van der Waals surface area contributed by atoms with Gasteiger partial charge in [-0.3, -0.25) is 9.59 Å². The normalized spacial score (nSPS) is 10.4. The van der Waals surface area contributed by atoms with Crippen LogP contribution in [0.15, 0.2) is 52.5 Å². The number of amides is 2. The Morgan fingerprint density at radius 2 is 1.96 bits per heavy atom. The second-order valence-corrected chi connectivity index (χ2v) is 5.83. The zero-order valence-corrected chi connectivity index (χ0v) is 13.7. The third-order valence-electron chi connectivity index (χ3n) is 3.37. The van der Waals surface area contributed by atoms with Crippen LogP contribution in [0.4, 0.5) is 0 Å². The highest BCUT2D eigenvalue weighted by molar-refractivity contribution is 7.13. The molecule has 0 saturated heterocycles. The van der Waals surface area contributed by atoms with Crippen LogP contribution in [0.1, 0.15) is 26.4 Å². The molecule has 7 heteroatoms. The van der Waals surface area contributed by atoms with Crippen LogP contribution in [0, 0.1) is 0 Å². The fourth-order valence-electron chi connectivity index (χ4n) is 2.08. The molecule has 2 N–H and O–H groups in total. The lowest BCUT2D eigenvalue weighted by molar-refractivity contribution is 0.0942. The summed E-state index contributed by atoms with van der Waals surface area (Å²) < 4.78 is 5.27. The van der Waals surface area contributed by atoms with Gasteiger partial charge in [0.2, 0.25) is 0 Å². The van der Waals surface area contributed by atoms with E-state index < -0.39 is 0 Å². The molecule has 3 aromatic rings. The predicted molar refractivity (Wildman–Crippen MR) is 90.8 cm³/mol. The monoisotopic (exact) mass is 341 g/mol. The lowest BCUT2D eigenvalue weighted by atomic mass is 10.1. The van der Waals surface area contributed by atoms with Crippen LogP contribution in [-0.4, -0.2) is 23.8 Å². The Bertz CT molecular complexity index is 838.